The lowest BCUT2D eigenvalue weighted by Gasteiger charge is -2.03. The molecule has 0 aliphatic heterocycles. The molecule has 0 spiro atoms. The summed E-state index contributed by atoms with van der Waals surface area (Å²) in [7, 11) is 1.34. The zero-order chi connectivity index (χ0) is 11.7. The van der Waals surface area contributed by atoms with Crippen LogP contribution in [0.1, 0.15) is 17.3 Å². The molecule has 84 valence electrons. The Morgan fingerprint density at radius 3 is 2.94 bits per heavy atom. The van der Waals surface area contributed by atoms with Crippen molar-refractivity contribution in [3.05, 3.63) is 22.4 Å². The number of nitrogens with zero attached hydrogens (tertiary/aromatic N) is 3. The monoisotopic (exact) mass is 283 g/mol. The van der Waals surface area contributed by atoms with Gasteiger partial charge in [-0.05, 0) is 22.9 Å². The van der Waals surface area contributed by atoms with Gasteiger partial charge in [0.05, 0.1) is 24.3 Å². The molecule has 0 radical (unpaired) electrons. The predicted octanol–water partition coefficient (Wildman–Crippen LogP) is 2.00. The van der Waals surface area contributed by atoms with Crippen LogP contribution in [-0.4, -0.2) is 27.8 Å². The number of pyridine rings is 1. The van der Waals surface area contributed by atoms with Crippen molar-refractivity contribution in [2.45, 2.75) is 13.5 Å². The van der Waals surface area contributed by atoms with Crippen LogP contribution in [0, 0.1) is 0 Å². The van der Waals surface area contributed by atoms with E-state index in [0.717, 1.165) is 17.6 Å². The summed E-state index contributed by atoms with van der Waals surface area (Å²) >= 11 is 3.37. The van der Waals surface area contributed by atoms with Crippen molar-refractivity contribution >= 4 is 32.9 Å². The minimum Gasteiger partial charge on any atom is -0.465 e. The topological polar surface area (TPSA) is 57.0 Å². The number of carbonyl (C=O) groups is 1. The lowest BCUT2D eigenvalue weighted by molar-refractivity contribution is 0.0599. The molecule has 0 saturated heterocycles. The normalized spacial score (nSPS) is 10.7. The zero-order valence-corrected chi connectivity index (χ0v) is 10.5. The standard InChI is InChI=1S/C10H10BrN3O2/c1-3-14-9-6(5-13-14)8(11)7(4-12-9)10(15)16-2/h4-5H,3H2,1-2H3. The third kappa shape index (κ3) is 1.59. The molecule has 2 aromatic rings. The van der Waals surface area contributed by atoms with Gasteiger partial charge in [0, 0.05) is 17.2 Å². The first-order valence-corrected chi connectivity index (χ1v) is 5.56. The molecule has 0 N–H and O–H groups in total. The molecule has 2 rings (SSSR count). The van der Waals surface area contributed by atoms with Gasteiger partial charge in [-0.25, -0.2) is 14.5 Å². The molecular weight excluding hydrogens is 274 g/mol. The van der Waals surface area contributed by atoms with E-state index >= 15 is 0 Å². The lowest BCUT2D eigenvalue weighted by Crippen LogP contribution is -2.04. The van der Waals surface area contributed by atoms with Crippen LogP contribution < -0.4 is 0 Å². The van der Waals surface area contributed by atoms with E-state index < -0.39 is 5.97 Å². The number of rotatable bonds is 2. The Bertz CT molecular complexity index is 550. The molecule has 0 aliphatic rings. The van der Waals surface area contributed by atoms with E-state index in [0.29, 0.717) is 10.0 Å². The predicted molar refractivity (Wildman–Crippen MR) is 62.2 cm³/mol. The number of esters is 1. The van der Waals surface area contributed by atoms with Gasteiger partial charge in [0.2, 0.25) is 0 Å². The van der Waals surface area contributed by atoms with E-state index in [9.17, 15) is 4.79 Å². The summed E-state index contributed by atoms with van der Waals surface area (Å²) < 4.78 is 7.10. The molecule has 2 aromatic heterocycles. The van der Waals surface area contributed by atoms with E-state index in [1.54, 1.807) is 10.9 Å². The second kappa shape index (κ2) is 4.21. The molecule has 0 amide bonds. The van der Waals surface area contributed by atoms with Gasteiger partial charge in [0.1, 0.15) is 0 Å². The number of fused-ring (bicyclic) bond motifs is 1. The number of hydrogen-bond donors (Lipinski definition) is 0. The molecule has 6 heteroatoms. The van der Waals surface area contributed by atoms with Gasteiger partial charge in [-0.15, -0.1) is 0 Å². The third-order valence-corrected chi connectivity index (χ3v) is 3.16. The average molecular weight is 284 g/mol. The van der Waals surface area contributed by atoms with Gasteiger partial charge in [0.25, 0.3) is 0 Å². The van der Waals surface area contributed by atoms with Crippen molar-refractivity contribution < 1.29 is 9.53 Å². The van der Waals surface area contributed by atoms with Crippen LogP contribution in [0.2, 0.25) is 0 Å². The van der Waals surface area contributed by atoms with Crippen LogP contribution in [0.5, 0.6) is 0 Å². The summed E-state index contributed by atoms with van der Waals surface area (Å²) in [6.45, 7) is 2.72. The fraction of sp³-hybridized carbons (Fsp3) is 0.300. The summed E-state index contributed by atoms with van der Waals surface area (Å²) in [5.41, 5.74) is 1.16. The maximum atomic E-state index is 11.4. The fourth-order valence-corrected chi connectivity index (χ4v) is 2.02. The summed E-state index contributed by atoms with van der Waals surface area (Å²) in [4.78, 5) is 15.6. The first-order valence-electron chi connectivity index (χ1n) is 4.77. The second-order valence-corrected chi connectivity index (χ2v) is 3.97. The second-order valence-electron chi connectivity index (χ2n) is 3.18. The first-order chi connectivity index (χ1) is 7.69. The Morgan fingerprint density at radius 2 is 2.31 bits per heavy atom. The van der Waals surface area contributed by atoms with Crippen molar-refractivity contribution in [1.82, 2.24) is 14.8 Å². The van der Waals surface area contributed by atoms with Crippen molar-refractivity contribution in [1.29, 1.82) is 0 Å². The fourth-order valence-electron chi connectivity index (χ4n) is 1.48. The number of halogens is 1. The third-order valence-electron chi connectivity index (χ3n) is 2.31. The number of aryl methyl sites for hydroxylation is 1. The molecule has 2 heterocycles. The Hall–Kier alpha value is -1.43. The van der Waals surface area contributed by atoms with E-state index in [-0.39, 0.29) is 0 Å². The summed E-state index contributed by atoms with van der Waals surface area (Å²) in [5.74, 6) is -0.412. The molecule has 0 atom stereocenters. The molecule has 0 aliphatic carbocycles. The minimum absolute atomic E-state index is 0.408. The van der Waals surface area contributed by atoms with E-state index in [4.69, 9.17) is 0 Å². The van der Waals surface area contributed by atoms with Crippen molar-refractivity contribution in [2.75, 3.05) is 7.11 Å². The van der Waals surface area contributed by atoms with Crippen molar-refractivity contribution in [2.24, 2.45) is 0 Å². The van der Waals surface area contributed by atoms with E-state index in [1.807, 2.05) is 6.92 Å². The molecule has 0 saturated carbocycles. The number of hydrogen-bond acceptors (Lipinski definition) is 4. The van der Waals surface area contributed by atoms with E-state index in [1.165, 1.54) is 13.3 Å². The summed E-state index contributed by atoms with van der Waals surface area (Å²) in [6, 6.07) is 0. The average Bonchev–Trinajstić information content (AvgIpc) is 2.72. The smallest absolute Gasteiger partial charge is 0.340 e. The quantitative estimate of drug-likeness (QED) is 0.791. The van der Waals surface area contributed by atoms with Crippen LogP contribution in [0.4, 0.5) is 0 Å². The first kappa shape index (κ1) is 11.1. The maximum absolute atomic E-state index is 11.4. The highest BCUT2D eigenvalue weighted by molar-refractivity contribution is 9.10. The van der Waals surface area contributed by atoms with Crippen molar-refractivity contribution in [3.63, 3.8) is 0 Å². The molecule has 5 nitrogen and oxygen atoms in total. The van der Waals surface area contributed by atoms with Crippen LogP contribution in [0.3, 0.4) is 0 Å². The molecule has 0 bridgehead atoms. The van der Waals surface area contributed by atoms with Gasteiger partial charge < -0.3 is 4.74 Å². The van der Waals surface area contributed by atoms with Crippen molar-refractivity contribution in [3.8, 4) is 0 Å². The molecule has 0 fully saturated rings. The zero-order valence-electron chi connectivity index (χ0n) is 8.90. The maximum Gasteiger partial charge on any atom is 0.340 e. The van der Waals surface area contributed by atoms with Crippen LogP contribution in [-0.2, 0) is 11.3 Å². The van der Waals surface area contributed by atoms with Gasteiger partial charge in [-0.1, -0.05) is 0 Å². The number of ether oxygens (including phenoxy) is 1. The van der Waals surface area contributed by atoms with Crippen LogP contribution in [0.25, 0.3) is 11.0 Å². The SMILES string of the molecule is CCn1ncc2c(Br)c(C(=O)OC)cnc21. The summed E-state index contributed by atoms with van der Waals surface area (Å²) in [5, 5.41) is 4.98. The number of methoxy groups -OCH3 is 1. The highest BCUT2D eigenvalue weighted by Gasteiger charge is 2.16. The largest absolute Gasteiger partial charge is 0.465 e. The van der Waals surface area contributed by atoms with Gasteiger partial charge in [0.15, 0.2) is 5.65 Å². The molecule has 0 unspecified atom stereocenters. The van der Waals surface area contributed by atoms with Crippen LogP contribution >= 0.6 is 15.9 Å². The molecular formula is C10H10BrN3O2. The Labute approximate surface area is 101 Å². The Morgan fingerprint density at radius 1 is 1.56 bits per heavy atom. The molecule has 16 heavy (non-hydrogen) atoms. The van der Waals surface area contributed by atoms with Crippen LogP contribution in [0.15, 0.2) is 16.9 Å². The number of carbonyl (C=O) groups excluding carboxylic acids is 1. The Kier molecular flexibility index (Phi) is 2.91. The lowest BCUT2D eigenvalue weighted by atomic mass is 10.2. The van der Waals surface area contributed by atoms with Gasteiger partial charge in [-0.2, -0.15) is 5.10 Å². The van der Waals surface area contributed by atoms with Gasteiger partial charge >= 0.3 is 5.97 Å². The molecule has 0 aromatic carbocycles. The van der Waals surface area contributed by atoms with Gasteiger partial charge in [-0.3, -0.25) is 0 Å². The highest BCUT2D eigenvalue weighted by atomic mass is 79.9. The minimum atomic E-state index is -0.412. The summed E-state index contributed by atoms with van der Waals surface area (Å²) in [6.07, 6.45) is 3.18. The number of aromatic nitrogens is 3. The van der Waals surface area contributed by atoms with E-state index in [2.05, 4.69) is 30.7 Å². The Balaban J connectivity index is 2.66. The highest BCUT2D eigenvalue weighted by Crippen LogP contribution is 2.26.